The number of thiazole rings is 1. The Morgan fingerprint density at radius 2 is 1.88 bits per heavy atom. The van der Waals surface area contributed by atoms with Crippen molar-refractivity contribution in [1.29, 1.82) is 0 Å². The van der Waals surface area contributed by atoms with Crippen molar-refractivity contribution in [2.45, 2.75) is 46.3 Å². The third-order valence-electron chi connectivity index (χ3n) is 4.89. The Morgan fingerprint density at radius 3 is 2.65 bits per heavy atom. The first-order valence-electron chi connectivity index (χ1n) is 9.08. The molecule has 0 unspecified atom stereocenters. The number of aromatic nitrogens is 3. The molecule has 4 rings (SSSR count). The average Bonchev–Trinajstić information content (AvgIpc) is 3.17. The quantitative estimate of drug-likeness (QED) is 0.690. The van der Waals surface area contributed by atoms with E-state index in [-0.39, 0.29) is 12.1 Å². The lowest BCUT2D eigenvalue weighted by Crippen LogP contribution is -2.28. The highest BCUT2D eigenvalue weighted by Crippen LogP contribution is 2.28. The van der Waals surface area contributed by atoms with Crippen LogP contribution in [0.25, 0.3) is 10.3 Å². The van der Waals surface area contributed by atoms with E-state index >= 15 is 0 Å². The molecule has 1 fully saturated rings. The Labute approximate surface area is 158 Å². The van der Waals surface area contributed by atoms with Crippen molar-refractivity contribution < 1.29 is 4.74 Å². The van der Waals surface area contributed by atoms with Crippen LogP contribution in [0, 0.1) is 20.8 Å². The monoisotopic (exact) mass is 368 g/mol. The molecule has 6 heteroatoms. The number of aryl methyl sites for hydroxylation is 3. The van der Waals surface area contributed by atoms with Gasteiger partial charge in [-0.3, -0.25) is 9.88 Å². The first kappa shape index (κ1) is 17.4. The van der Waals surface area contributed by atoms with E-state index in [2.05, 4.69) is 33.9 Å². The van der Waals surface area contributed by atoms with Crippen LogP contribution in [0.4, 0.5) is 0 Å². The maximum absolute atomic E-state index is 6.21. The number of pyridine rings is 2. The molecule has 0 aliphatic carbocycles. The van der Waals surface area contributed by atoms with Gasteiger partial charge in [-0.15, -0.1) is 11.3 Å². The fourth-order valence-corrected chi connectivity index (χ4v) is 4.39. The summed E-state index contributed by atoms with van der Waals surface area (Å²) in [5.41, 5.74) is 3.95. The summed E-state index contributed by atoms with van der Waals surface area (Å²) in [6.45, 7) is 10.2. The van der Waals surface area contributed by atoms with Crippen LogP contribution in [0.3, 0.4) is 0 Å². The minimum Gasteiger partial charge on any atom is -0.489 e. The third-order valence-corrected chi connectivity index (χ3v) is 5.82. The number of hydrogen-bond donors (Lipinski definition) is 0. The van der Waals surface area contributed by atoms with Crippen molar-refractivity contribution in [3.63, 3.8) is 0 Å². The largest absolute Gasteiger partial charge is 0.489 e. The summed E-state index contributed by atoms with van der Waals surface area (Å²) in [6.07, 6.45) is 1.24. The van der Waals surface area contributed by atoms with Crippen LogP contribution in [0.1, 0.15) is 41.5 Å². The molecule has 0 amide bonds. The fourth-order valence-electron chi connectivity index (χ4n) is 3.62. The van der Waals surface area contributed by atoms with E-state index in [4.69, 9.17) is 9.72 Å². The number of fused-ring (bicyclic) bond motifs is 1. The lowest BCUT2D eigenvalue weighted by molar-refractivity contribution is 0.181. The van der Waals surface area contributed by atoms with Gasteiger partial charge in [0.1, 0.15) is 11.9 Å². The third kappa shape index (κ3) is 3.57. The highest BCUT2D eigenvalue weighted by molar-refractivity contribution is 7.18. The molecule has 2 atom stereocenters. The number of rotatable bonds is 4. The molecule has 0 spiro atoms. The van der Waals surface area contributed by atoms with Crippen LogP contribution in [0.2, 0.25) is 0 Å². The van der Waals surface area contributed by atoms with Crippen LogP contribution >= 0.6 is 11.3 Å². The number of ether oxygens (including phenoxy) is 1. The molecular formula is C20H24N4OS. The summed E-state index contributed by atoms with van der Waals surface area (Å²) >= 11 is 1.70. The Morgan fingerprint density at radius 1 is 1.12 bits per heavy atom. The van der Waals surface area contributed by atoms with Crippen LogP contribution in [0.15, 0.2) is 24.3 Å². The van der Waals surface area contributed by atoms with E-state index in [0.29, 0.717) is 0 Å². The molecule has 5 nitrogen and oxygen atoms in total. The van der Waals surface area contributed by atoms with Crippen molar-refractivity contribution in [3.05, 3.63) is 46.4 Å². The van der Waals surface area contributed by atoms with Gasteiger partial charge in [-0.2, -0.15) is 0 Å². The van der Waals surface area contributed by atoms with Gasteiger partial charge >= 0.3 is 0 Å². The molecule has 0 bridgehead atoms. The van der Waals surface area contributed by atoms with Crippen molar-refractivity contribution in [3.8, 4) is 5.75 Å². The summed E-state index contributed by atoms with van der Waals surface area (Å²) < 4.78 is 7.37. The second kappa shape index (κ2) is 6.93. The molecule has 3 aromatic rings. The first-order valence-corrected chi connectivity index (χ1v) is 9.89. The SMILES string of the molecule is Cc1cc(O[C@@H]2CCN([C@@H](C)c3ccc4sc(C)nc4n3)C2)cc(C)n1. The molecule has 0 N–H and O–H groups in total. The summed E-state index contributed by atoms with van der Waals surface area (Å²) in [6, 6.07) is 8.56. The average molecular weight is 369 g/mol. The Hall–Kier alpha value is -2.05. The Balaban J connectivity index is 1.45. The summed E-state index contributed by atoms with van der Waals surface area (Å²) in [5.74, 6) is 0.923. The number of hydrogen-bond acceptors (Lipinski definition) is 6. The van der Waals surface area contributed by atoms with E-state index in [1.54, 1.807) is 11.3 Å². The van der Waals surface area contributed by atoms with E-state index in [1.807, 2.05) is 32.9 Å². The van der Waals surface area contributed by atoms with E-state index in [1.165, 1.54) is 0 Å². The van der Waals surface area contributed by atoms with Gasteiger partial charge in [0, 0.05) is 42.7 Å². The molecule has 26 heavy (non-hydrogen) atoms. The second-order valence-electron chi connectivity index (χ2n) is 7.08. The Bertz CT molecular complexity index is 918. The zero-order valence-electron chi connectivity index (χ0n) is 15.7. The van der Waals surface area contributed by atoms with E-state index in [9.17, 15) is 0 Å². The van der Waals surface area contributed by atoms with Crippen molar-refractivity contribution in [2.24, 2.45) is 0 Å². The molecule has 1 aliphatic rings. The van der Waals surface area contributed by atoms with Crippen molar-refractivity contribution in [1.82, 2.24) is 19.9 Å². The topological polar surface area (TPSA) is 51.1 Å². The lowest BCUT2D eigenvalue weighted by atomic mass is 10.2. The zero-order valence-corrected chi connectivity index (χ0v) is 16.5. The van der Waals surface area contributed by atoms with Gasteiger partial charge in [0.05, 0.1) is 15.4 Å². The number of likely N-dealkylation sites (tertiary alicyclic amines) is 1. The zero-order chi connectivity index (χ0) is 18.3. The lowest BCUT2D eigenvalue weighted by Gasteiger charge is -2.24. The predicted molar refractivity (Wildman–Crippen MR) is 105 cm³/mol. The number of nitrogens with zero attached hydrogens (tertiary/aromatic N) is 4. The summed E-state index contributed by atoms with van der Waals surface area (Å²) in [5, 5.41) is 1.06. The maximum atomic E-state index is 6.21. The smallest absolute Gasteiger partial charge is 0.170 e. The Kier molecular flexibility index (Phi) is 4.63. The molecule has 1 saturated heterocycles. The fraction of sp³-hybridized carbons (Fsp3) is 0.450. The van der Waals surface area contributed by atoms with Crippen LogP contribution in [0.5, 0.6) is 5.75 Å². The van der Waals surface area contributed by atoms with Gasteiger partial charge in [-0.1, -0.05) is 0 Å². The van der Waals surface area contributed by atoms with Crippen LogP contribution < -0.4 is 4.74 Å². The molecule has 4 heterocycles. The van der Waals surface area contributed by atoms with E-state index in [0.717, 1.165) is 57.7 Å². The standard InChI is InChI=1S/C20H24N4OS/c1-12-9-17(10-13(2)21-12)25-16-7-8-24(11-16)14(3)18-5-6-19-20(23-18)22-15(4)26-19/h5-6,9-10,14,16H,7-8,11H2,1-4H3/t14-,16+/m0/s1. The van der Waals surface area contributed by atoms with Crippen molar-refractivity contribution in [2.75, 3.05) is 13.1 Å². The van der Waals surface area contributed by atoms with Gasteiger partial charge in [-0.25, -0.2) is 9.97 Å². The minimum absolute atomic E-state index is 0.212. The van der Waals surface area contributed by atoms with Gasteiger partial charge in [-0.05, 0) is 46.2 Å². The first-order chi connectivity index (χ1) is 12.5. The van der Waals surface area contributed by atoms with Gasteiger partial charge in [0.15, 0.2) is 5.65 Å². The van der Waals surface area contributed by atoms with Gasteiger partial charge in [0.25, 0.3) is 0 Å². The molecular weight excluding hydrogens is 344 g/mol. The molecule has 0 radical (unpaired) electrons. The summed E-state index contributed by atoms with van der Waals surface area (Å²) in [4.78, 5) is 16.2. The van der Waals surface area contributed by atoms with Gasteiger partial charge < -0.3 is 4.74 Å². The molecule has 3 aromatic heterocycles. The molecule has 0 saturated carbocycles. The predicted octanol–water partition coefficient (Wildman–Crippen LogP) is 4.23. The van der Waals surface area contributed by atoms with Crippen LogP contribution in [-0.2, 0) is 0 Å². The van der Waals surface area contributed by atoms with Crippen LogP contribution in [-0.4, -0.2) is 39.0 Å². The maximum Gasteiger partial charge on any atom is 0.170 e. The molecule has 1 aliphatic heterocycles. The minimum atomic E-state index is 0.212. The normalized spacial score (nSPS) is 19.2. The van der Waals surface area contributed by atoms with Gasteiger partial charge in [0.2, 0.25) is 0 Å². The molecule has 0 aromatic carbocycles. The summed E-state index contributed by atoms with van der Waals surface area (Å²) in [7, 11) is 0. The highest BCUT2D eigenvalue weighted by atomic mass is 32.1. The molecule has 136 valence electrons. The van der Waals surface area contributed by atoms with Crippen molar-refractivity contribution >= 4 is 21.7 Å². The van der Waals surface area contributed by atoms with E-state index < -0.39 is 0 Å². The highest BCUT2D eigenvalue weighted by Gasteiger charge is 2.29. The second-order valence-corrected chi connectivity index (χ2v) is 8.31.